The molecule has 10 heteroatoms. The summed E-state index contributed by atoms with van der Waals surface area (Å²) in [5.41, 5.74) is -0.745. The number of carboxylic acid groups (broad SMARTS) is 1. The molecular formula is C13H9ClN2O6S. The molecule has 2 aromatic rings. The Kier molecular flexibility index (Phi) is 4.52. The van der Waals surface area contributed by atoms with Gasteiger partial charge in [-0.2, -0.15) is 0 Å². The predicted octanol–water partition coefficient (Wildman–Crippen LogP) is 2.75. The molecule has 23 heavy (non-hydrogen) atoms. The number of anilines is 1. The highest BCUT2D eigenvalue weighted by Gasteiger charge is 2.19. The van der Waals surface area contributed by atoms with Crippen LogP contribution in [0.25, 0.3) is 0 Å². The van der Waals surface area contributed by atoms with Crippen LogP contribution in [-0.4, -0.2) is 24.4 Å². The highest BCUT2D eigenvalue weighted by molar-refractivity contribution is 7.92. The van der Waals surface area contributed by atoms with Gasteiger partial charge in [-0.3, -0.25) is 14.8 Å². The smallest absolute Gasteiger partial charge is 0.337 e. The SMILES string of the molecule is O=C(O)c1cc(Cl)ccc1NS(=O)(=O)c1ccc([N+](=O)[O-])cc1. The topological polar surface area (TPSA) is 127 Å². The van der Waals surface area contributed by atoms with Gasteiger partial charge in [0.25, 0.3) is 15.7 Å². The number of hydrogen-bond donors (Lipinski definition) is 2. The van der Waals surface area contributed by atoms with E-state index in [0.717, 1.165) is 30.3 Å². The fourth-order valence-corrected chi connectivity index (χ4v) is 2.98. The van der Waals surface area contributed by atoms with Crippen LogP contribution in [0.5, 0.6) is 0 Å². The van der Waals surface area contributed by atoms with E-state index in [9.17, 15) is 23.3 Å². The van der Waals surface area contributed by atoms with Crippen molar-refractivity contribution in [3.8, 4) is 0 Å². The third kappa shape index (κ3) is 3.76. The number of rotatable bonds is 5. The predicted molar refractivity (Wildman–Crippen MR) is 82.3 cm³/mol. The van der Waals surface area contributed by atoms with Gasteiger partial charge in [-0.15, -0.1) is 0 Å². The number of carboxylic acids is 1. The maximum Gasteiger partial charge on any atom is 0.337 e. The molecule has 0 saturated carbocycles. The second kappa shape index (κ2) is 6.23. The van der Waals surface area contributed by atoms with Gasteiger partial charge in [0.15, 0.2) is 0 Å². The minimum absolute atomic E-state index is 0.140. The molecule has 0 aliphatic carbocycles. The summed E-state index contributed by atoms with van der Waals surface area (Å²) in [7, 11) is -4.10. The molecule has 0 aliphatic heterocycles. The van der Waals surface area contributed by atoms with Crippen LogP contribution >= 0.6 is 11.6 Å². The van der Waals surface area contributed by atoms with Gasteiger partial charge in [-0.1, -0.05) is 11.6 Å². The van der Waals surface area contributed by atoms with Crippen molar-refractivity contribution < 1.29 is 23.2 Å². The second-order valence-electron chi connectivity index (χ2n) is 4.35. The Morgan fingerprint density at radius 1 is 1.17 bits per heavy atom. The number of halogens is 1. The van der Waals surface area contributed by atoms with E-state index in [1.807, 2.05) is 0 Å². The zero-order valence-electron chi connectivity index (χ0n) is 11.3. The molecule has 2 aromatic carbocycles. The van der Waals surface area contributed by atoms with E-state index < -0.39 is 20.9 Å². The van der Waals surface area contributed by atoms with Gasteiger partial charge in [-0.05, 0) is 30.3 Å². The average molecular weight is 357 g/mol. The van der Waals surface area contributed by atoms with Crippen LogP contribution in [0, 0.1) is 10.1 Å². The van der Waals surface area contributed by atoms with E-state index in [1.54, 1.807) is 0 Å². The van der Waals surface area contributed by atoms with E-state index >= 15 is 0 Å². The van der Waals surface area contributed by atoms with Crippen molar-refractivity contribution in [3.05, 3.63) is 63.2 Å². The molecule has 0 aliphatic rings. The lowest BCUT2D eigenvalue weighted by Crippen LogP contribution is -2.15. The molecule has 0 amide bonds. The summed E-state index contributed by atoms with van der Waals surface area (Å²) in [5, 5.41) is 19.8. The Bertz CT molecular complexity index is 880. The van der Waals surface area contributed by atoms with Gasteiger partial charge in [0, 0.05) is 17.2 Å². The Morgan fingerprint density at radius 2 is 1.78 bits per heavy atom. The minimum atomic E-state index is -4.10. The van der Waals surface area contributed by atoms with Crippen LogP contribution in [0.3, 0.4) is 0 Å². The normalized spacial score (nSPS) is 11.0. The zero-order valence-corrected chi connectivity index (χ0v) is 12.8. The summed E-state index contributed by atoms with van der Waals surface area (Å²) in [6, 6.07) is 7.84. The maximum atomic E-state index is 12.2. The summed E-state index contributed by atoms with van der Waals surface area (Å²) >= 11 is 5.69. The van der Waals surface area contributed by atoms with Crippen LogP contribution in [-0.2, 0) is 10.0 Å². The summed E-state index contributed by atoms with van der Waals surface area (Å²) in [6.45, 7) is 0. The number of hydrogen-bond acceptors (Lipinski definition) is 5. The number of carbonyl (C=O) groups is 1. The van der Waals surface area contributed by atoms with Crippen LogP contribution in [0.1, 0.15) is 10.4 Å². The van der Waals surface area contributed by atoms with Crippen molar-refractivity contribution in [1.29, 1.82) is 0 Å². The molecule has 0 radical (unpaired) electrons. The molecule has 0 atom stereocenters. The monoisotopic (exact) mass is 356 g/mol. The van der Waals surface area contributed by atoms with Crippen LogP contribution in [0.2, 0.25) is 5.02 Å². The van der Waals surface area contributed by atoms with Crippen LogP contribution < -0.4 is 4.72 Å². The number of aromatic carboxylic acids is 1. The summed E-state index contributed by atoms with van der Waals surface area (Å²) in [4.78, 5) is 20.8. The molecule has 0 fully saturated rings. The fourth-order valence-electron chi connectivity index (χ4n) is 1.73. The first kappa shape index (κ1) is 16.7. The first-order valence-electron chi connectivity index (χ1n) is 6.01. The van der Waals surface area contributed by atoms with E-state index in [-0.39, 0.29) is 26.9 Å². The summed E-state index contributed by atoms with van der Waals surface area (Å²) in [6.07, 6.45) is 0. The number of nitrogens with one attached hydrogen (secondary N) is 1. The highest BCUT2D eigenvalue weighted by Crippen LogP contribution is 2.24. The zero-order chi connectivity index (χ0) is 17.2. The molecule has 2 N–H and O–H groups in total. The van der Waals surface area contributed by atoms with Crippen LogP contribution in [0.4, 0.5) is 11.4 Å². The maximum absolute atomic E-state index is 12.2. The van der Waals surface area contributed by atoms with Crippen molar-refractivity contribution in [3.63, 3.8) is 0 Å². The summed E-state index contributed by atoms with van der Waals surface area (Å²) in [5.74, 6) is -1.35. The van der Waals surface area contributed by atoms with Gasteiger partial charge >= 0.3 is 5.97 Å². The molecule has 0 spiro atoms. The molecule has 120 valence electrons. The molecular weight excluding hydrogens is 348 g/mol. The van der Waals surface area contributed by atoms with Gasteiger partial charge in [0.1, 0.15) is 0 Å². The lowest BCUT2D eigenvalue weighted by atomic mass is 10.2. The third-order valence-corrected chi connectivity index (χ3v) is 4.43. The highest BCUT2D eigenvalue weighted by atomic mass is 35.5. The standard InChI is InChI=1S/C13H9ClN2O6S/c14-8-1-6-12(11(7-8)13(17)18)15-23(21,22)10-4-2-9(3-5-10)16(19)20/h1-7,15H,(H,17,18). The van der Waals surface area contributed by atoms with Crippen molar-refractivity contribution in [1.82, 2.24) is 0 Å². The number of nitro groups is 1. The molecule has 0 aromatic heterocycles. The molecule has 8 nitrogen and oxygen atoms in total. The Balaban J connectivity index is 2.39. The van der Waals surface area contributed by atoms with Gasteiger partial charge in [0.2, 0.25) is 0 Å². The van der Waals surface area contributed by atoms with Crippen LogP contribution in [0.15, 0.2) is 47.4 Å². The Hall–Kier alpha value is -2.65. The van der Waals surface area contributed by atoms with Crippen molar-refractivity contribution in [2.75, 3.05) is 4.72 Å². The second-order valence-corrected chi connectivity index (χ2v) is 6.47. The first-order valence-corrected chi connectivity index (χ1v) is 7.87. The van der Waals surface area contributed by atoms with Gasteiger partial charge < -0.3 is 5.11 Å². The molecule has 0 bridgehead atoms. The number of nitrogens with zero attached hydrogens (tertiary/aromatic N) is 1. The van der Waals surface area contributed by atoms with Crippen molar-refractivity contribution in [2.24, 2.45) is 0 Å². The van der Waals surface area contributed by atoms with E-state index in [2.05, 4.69) is 4.72 Å². The fraction of sp³-hybridized carbons (Fsp3) is 0. The molecule has 0 saturated heterocycles. The Labute approximate surface area is 135 Å². The average Bonchev–Trinajstić information content (AvgIpc) is 2.48. The van der Waals surface area contributed by atoms with Gasteiger partial charge in [-0.25, -0.2) is 13.2 Å². The van der Waals surface area contributed by atoms with Crippen molar-refractivity contribution >= 4 is 39.0 Å². The minimum Gasteiger partial charge on any atom is -0.478 e. The molecule has 0 unspecified atom stereocenters. The van der Waals surface area contributed by atoms with E-state index in [1.165, 1.54) is 12.1 Å². The van der Waals surface area contributed by atoms with E-state index in [4.69, 9.17) is 16.7 Å². The van der Waals surface area contributed by atoms with Crippen molar-refractivity contribution in [2.45, 2.75) is 4.90 Å². The largest absolute Gasteiger partial charge is 0.478 e. The lowest BCUT2D eigenvalue weighted by molar-refractivity contribution is -0.384. The van der Waals surface area contributed by atoms with Gasteiger partial charge in [0.05, 0.1) is 21.1 Å². The molecule has 0 heterocycles. The third-order valence-electron chi connectivity index (χ3n) is 2.81. The van der Waals surface area contributed by atoms with E-state index in [0.29, 0.717) is 0 Å². The number of benzene rings is 2. The number of nitro benzene ring substituents is 1. The quantitative estimate of drug-likeness (QED) is 0.626. The number of sulfonamides is 1. The first-order chi connectivity index (χ1) is 10.7. The Morgan fingerprint density at radius 3 is 2.30 bits per heavy atom. The summed E-state index contributed by atoms with van der Waals surface area (Å²) < 4.78 is 26.6. The number of non-ortho nitro benzene ring substituents is 1. The lowest BCUT2D eigenvalue weighted by Gasteiger charge is -2.10. The molecule has 2 rings (SSSR count).